The third-order valence-electron chi connectivity index (χ3n) is 2.99. The van der Waals surface area contributed by atoms with Gasteiger partial charge in [-0.2, -0.15) is 8.78 Å². The molecule has 0 radical (unpaired) electrons. The van der Waals surface area contributed by atoms with Crippen LogP contribution in [0.4, 0.5) is 22.0 Å². The van der Waals surface area contributed by atoms with Crippen molar-refractivity contribution < 1.29 is 31.3 Å². The maximum absolute atomic E-state index is 14.0. The van der Waals surface area contributed by atoms with Gasteiger partial charge in [-0.15, -0.1) is 4.72 Å². The van der Waals surface area contributed by atoms with Crippen molar-refractivity contribution >= 4 is 17.6 Å². The molecular weight excluding hydrogens is 329 g/mol. The Morgan fingerprint density at radius 1 is 1.27 bits per heavy atom. The highest BCUT2D eigenvalue weighted by atomic mass is 32.2. The fraction of sp³-hybridized carbons (Fsp3) is 0.462. The van der Waals surface area contributed by atoms with Crippen LogP contribution in [0, 0.1) is 5.82 Å². The number of alkyl halides is 4. The molecule has 0 saturated carbocycles. The molecule has 1 rings (SSSR count). The molecule has 1 aromatic rings. The second-order valence-electron chi connectivity index (χ2n) is 4.78. The Hall–Kier alpha value is -1.19. The minimum atomic E-state index is -4.69. The summed E-state index contributed by atoms with van der Waals surface area (Å²) < 4.78 is 82.3. The van der Waals surface area contributed by atoms with Crippen LogP contribution in [0.3, 0.4) is 0 Å². The van der Waals surface area contributed by atoms with Gasteiger partial charge in [-0.25, -0.2) is 13.2 Å². The van der Waals surface area contributed by atoms with Gasteiger partial charge >= 0.3 is 5.92 Å². The zero-order chi connectivity index (χ0) is 17.1. The van der Waals surface area contributed by atoms with E-state index in [9.17, 15) is 31.3 Å². The van der Waals surface area contributed by atoms with Crippen LogP contribution in [0.2, 0.25) is 0 Å². The minimum absolute atomic E-state index is 0.698. The number of hydrogen-bond donors (Lipinski definition) is 1. The van der Waals surface area contributed by atoms with E-state index in [-0.39, 0.29) is 0 Å². The average Bonchev–Trinajstić information content (AvgIpc) is 2.44. The van der Waals surface area contributed by atoms with Crippen molar-refractivity contribution in [3.63, 3.8) is 0 Å². The standard InChI is InChI=1S/C13H14F5NO2S/c1-8(2)22(21)19-13(11(15)16,12(17,18)7-20)9-5-3-4-6-10(9)14/h3-8,11,19H,1-2H3/t13-,22?/m0/s1. The van der Waals surface area contributed by atoms with Gasteiger partial charge < -0.3 is 4.55 Å². The highest BCUT2D eigenvalue weighted by molar-refractivity contribution is 7.90. The smallest absolute Gasteiger partial charge is 0.334 e. The van der Waals surface area contributed by atoms with E-state index >= 15 is 0 Å². The number of benzene rings is 1. The molecule has 124 valence electrons. The lowest BCUT2D eigenvalue weighted by Gasteiger charge is -2.38. The topological polar surface area (TPSA) is 52.2 Å². The maximum atomic E-state index is 14.0. The predicted octanol–water partition coefficient (Wildman–Crippen LogP) is 2.78. The molecule has 22 heavy (non-hydrogen) atoms. The number of halogens is 5. The van der Waals surface area contributed by atoms with E-state index in [4.69, 9.17) is 0 Å². The van der Waals surface area contributed by atoms with Crippen molar-refractivity contribution in [2.24, 2.45) is 0 Å². The quantitative estimate of drug-likeness (QED) is 0.471. The number of rotatable bonds is 7. The lowest BCUT2D eigenvalue weighted by molar-refractivity contribution is -0.161. The molecule has 0 aliphatic rings. The third kappa shape index (κ3) is 3.26. The van der Waals surface area contributed by atoms with E-state index in [1.54, 1.807) is 4.72 Å². The van der Waals surface area contributed by atoms with E-state index in [0.29, 0.717) is 12.1 Å². The molecule has 0 aliphatic carbocycles. The van der Waals surface area contributed by atoms with E-state index < -0.39 is 52.2 Å². The van der Waals surface area contributed by atoms with Crippen LogP contribution in [0.15, 0.2) is 24.3 Å². The van der Waals surface area contributed by atoms with E-state index in [1.807, 2.05) is 0 Å². The van der Waals surface area contributed by atoms with Crippen molar-refractivity contribution in [3.8, 4) is 0 Å². The molecule has 1 aromatic carbocycles. The average molecular weight is 343 g/mol. The largest absolute Gasteiger partial charge is 0.598 e. The summed E-state index contributed by atoms with van der Waals surface area (Å²) in [6.07, 6.45) is -4.90. The van der Waals surface area contributed by atoms with Crippen LogP contribution >= 0.6 is 0 Å². The summed E-state index contributed by atoms with van der Waals surface area (Å²) in [7, 11) is 0. The summed E-state index contributed by atoms with van der Waals surface area (Å²) in [5.74, 6) is -6.05. The van der Waals surface area contributed by atoms with Gasteiger partial charge in [0.1, 0.15) is 11.1 Å². The number of aldehydes is 1. The Balaban J connectivity index is 3.61. The molecule has 3 nitrogen and oxygen atoms in total. The molecule has 9 heteroatoms. The van der Waals surface area contributed by atoms with Gasteiger partial charge in [0.2, 0.25) is 5.54 Å². The number of hydrogen-bond acceptors (Lipinski definition) is 3. The SMILES string of the molecule is CC(C)[S+]([O-])N[C@@](c1ccccc1F)(C(F)F)C(F)(F)C=O. The van der Waals surface area contributed by atoms with Gasteiger partial charge in [0.15, 0.2) is 6.29 Å². The van der Waals surface area contributed by atoms with Gasteiger partial charge in [-0.05, 0) is 19.9 Å². The normalized spacial score (nSPS) is 16.6. The Labute approximate surface area is 127 Å². The second kappa shape index (κ2) is 6.93. The molecule has 0 aromatic heterocycles. The first kappa shape index (κ1) is 18.9. The van der Waals surface area contributed by atoms with E-state index in [2.05, 4.69) is 0 Å². The Morgan fingerprint density at radius 3 is 2.23 bits per heavy atom. The number of carbonyl (C=O) groups excluding carboxylic acids is 1. The number of nitrogens with one attached hydrogen (secondary N) is 1. The molecular formula is C13H14F5NO2S. The first-order valence-electron chi connectivity index (χ1n) is 6.15. The Morgan fingerprint density at radius 2 is 1.82 bits per heavy atom. The molecule has 0 amide bonds. The molecule has 1 N–H and O–H groups in total. The highest BCUT2D eigenvalue weighted by Gasteiger charge is 2.65. The molecule has 0 saturated heterocycles. The molecule has 0 bridgehead atoms. The van der Waals surface area contributed by atoms with Gasteiger partial charge in [0, 0.05) is 16.9 Å². The fourth-order valence-corrected chi connectivity index (χ4v) is 2.65. The van der Waals surface area contributed by atoms with Crippen LogP contribution in [0.1, 0.15) is 19.4 Å². The van der Waals surface area contributed by atoms with E-state index in [0.717, 1.165) is 12.1 Å². The molecule has 0 fully saturated rings. The van der Waals surface area contributed by atoms with Crippen molar-refractivity contribution in [3.05, 3.63) is 35.6 Å². The summed E-state index contributed by atoms with van der Waals surface area (Å²) in [4.78, 5) is 10.7. The summed E-state index contributed by atoms with van der Waals surface area (Å²) in [6, 6.07) is 3.58. The summed E-state index contributed by atoms with van der Waals surface area (Å²) >= 11 is -2.35. The van der Waals surface area contributed by atoms with E-state index in [1.165, 1.54) is 13.8 Å². The Kier molecular flexibility index (Phi) is 5.94. The van der Waals surface area contributed by atoms with Crippen LogP contribution in [-0.4, -0.2) is 28.4 Å². The van der Waals surface area contributed by atoms with Crippen molar-refractivity contribution in [1.29, 1.82) is 0 Å². The summed E-state index contributed by atoms with van der Waals surface area (Å²) in [6.45, 7) is 2.67. The zero-order valence-corrected chi connectivity index (χ0v) is 12.5. The number of carbonyl (C=O) groups is 1. The molecule has 0 heterocycles. The minimum Gasteiger partial charge on any atom is -0.598 e. The first-order valence-corrected chi connectivity index (χ1v) is 7.37. The first-order chi connectivity index (χ1) is 10.1. The summed E-state index contributed by atoms with van der Waals surface area (Å²) in [5, 5.41) is -0.813. The molecule has 0 aliphatic heterocycles. The molecule has 0 spiro atoms. The van der Waals surface area contributed by atoms with Crippen LogP contribution in [0.5, 0.6) is 0 Å². The van der Waals surface area contributed by atoms with Gasteiger partial charge in [-0.3, -0.25) is 4.79 Å². The van der Waals surface area contributed by atoms with Crippen LogP contribution < -0.4 is 4.72 Å². The van der Waals surface area contributed by atoms with Crippen LogP contribution in [0.25, 0.3) is 0 Å². The monoisotopic (exact) mass is 343 g/mol. The molecule has 2 atom stereocenters. The Bertz CT molecular complexity index is 529. The van der Waals surface area contributed by atoms with Crippen LogP contribution in [-0.2, 0) is 21.7 Å². The van der Waals surface area contributed by atoms with Gasteiger partial charge in [0.05, 0.1) is 0 Å². The lowest BCUT2D eigenvalue weighted by Crippen LogP contribution is -2.64. The molecule has 1 unspecified atom stereocenters. The van der Waals surface area contributed by atoms with Crippen molar-refractivity contribution in [2.45, 2.75) is 37.0 Å². The zero-order valence-electron chi connectivity index (χ0n) is 11.7. The summed E-state index contributed by atoms with van der Waals surface area (Å²) in [5.41, 5.74) is -4.86. The fourth-order valence-electron chi connectivity index (χ4n) is 1.76. The van der Waals surface area contributed by atoms with Gasteiger partial charge in [-0.1, -0.05) is 18.2 Å². The maximum Gasteiger partial charge on any atom is 0.334 e. The van der Waals surface area contributed by atoms with Crippen molar-refractivity contribution in [1.82, 2.24) is 4.72 Å². The lowest BCUT2D eigenvalue weighted by atomic mass is 9.85. The second-order valence-corrected chi connectivity index (χ2v) is 6.52. The van der Waals surface area contributed by atoms with Crippen molar-refractivity contribution in [2.75, 3.05) is 0 Å². The van der Waals surface area contributed by atoms with Gasteiger partial charge in [0.25, 0.3) is 6.43 Å². The predicted molar refractivity (Wildman–Crippen MR) is 71.5 cm³/mol. The third-order valence-corrected chi connectivity index (χ3v) is 4.37. The highest BCUT2D eigenvalue weighted by Crippen LogP contribution is 2.43.